The van der Waals surface area contributed by atoms with Crippen molar-refractivity contribution in [1.29, 1.82) is 0 Å². The Hall–Kier alpha value is -2.92. The van der Waals surface area contributed by atoms with Crippen molar-refractivity contribution in [3.05, 3.63) is 65.1 Å². The first-order valence-electron chi connectivity index (χ1n) is 10.2. The molecule has 0 bridgehead atoms. The number of hydrogen-bond donors (Lipinski definition) is 1. The number of rotatable bonds is 5. The fraction of sp³-hybridized carbons (Fsp3) is 0.333. The Bertz CT molecular complexity index is 1180. The summed E-state index contributed by atoms with van der Waals surface area (Å²) in [4.78, 5) is 0. The average molecular weight is 388 g/mol. The van der Waals surface area contributed by atoms with E-state index in [1.54, 1.807) is 0 Å². The summed E-state index contributed by atoms with van der Waals surface area (Å²) in [5.74, 6) is 2.19. The Balaban J connectivity index is 1.90. The molecule has 29 heavy (non-hydrogen) atoms. The van der Waals surface area contributed by atoms with Crippen LogP contribution in [0, 0.1) is 13.8 Å². The predicted molar refractivity (Wildman–Crippen MR) is 120 cm³/mol. The first-order valence-corrected chi connectivity index (χ1v) is 10.2. The molecule has 2 heterocycles. The summed E-state index contributed by atoms with van der Waals surface area (Å²) in [5, 5.41) is 10.2. The standard InChI is InChI=1S/C24H29N5/c1-15(2)21-14-22(16(3)12-18(21)8-10-25)24-27-26-17(4)29(24)20-6-7-23-19(13-20)9-11-28(23)5/h6-7,9,11-15H,8,10,25H2,1-5H3. The number of hydrogen-bond acceptors (Lipinski definition) is 3. The Morgan fingerprint density at radius 2 is 1.83 bits per heavy atom. The van der Waals surface area contributed by atoms with Crippen molar-refractivity contribution in [2.45, 2.75) is 40.0 Å². The number of aromatic nitrogens is 4. The van der Waals surface area contributed by atoms with E-state index < -0.39 is 0 Å². The molecule has 0 aliphatic rings. The first-order chi connectivity index (χ1) is 13.9. The Labute approximate surface area is 172 Å². The van der Waals surface area contributed by atoms with Crippen LogP contribution in [0.25, 0.3) is 28.0 Å². The van der Waals surface area contributed by atoms with Gasteiger partial charge in [-0.05, 0) is 79.8 Å². The molecule has 150 valence electrons. The van der Waals surface area contributed by atoms with E-state index in [1.165, 1.54) is 27.6 Å². The van der Waals surface area contributed by atoms with Crippen LogP contribution < -0.4 is 5.73 Å². The zero-order valence-corrected chi connectivity index (χ0v) is 17.9. The topological polar surface area (TPSA) is 61.7 Å². The highest BCUT2D eigenvalue weighted by Gasteiger charge is 2.18. The number of benzene rings is 2. The Morgan fingerprint density at radius 1 is 1.03 bits per heavy atom. The van der Waals surface area contributed by atoms with Gasteiger partial charge >= 0.3 is 0 Å². The molecule has 0 saturated heterocycles. The van der Waals surface area contributed by atoms with Crippen LogP contribution >= 0.6 is 0 Å². The molecule has 2 N–H and O–H groups in total. The van der Waals surface area contributed by atoms with Crippen molar-refractivity contribution in [2.24, 2.45) is 12.8 Å². The summed E-state index contributed by atoms with van der Waals surface area (Å²) in [5.41, 5.74) is 13.1. The molecule has 0 radical (unpaired) electrons. The molecule has 0 spiro atoms. The molecule has 0 fully saturated rings. The fourth-order valence-electron chi connectivity index (χ4n) is 4.19. The molecule has 0 amide bonds. The van der Waals surface area contributed by atoms with Gasteiger partial charge < -0.3 is 10.3 Å². The lowest BCUT2D eigenvalue weighted by molar-refractivity contribution is 0.830. The van der Waals surface area contributed by atoms with Crippen LogP contribution in [0.4, 0.5) is 0 Å². The van der Waals surface area contributed by atoms with Gasteiger partial charge in [0, 0.05) is 35.4 Å². The summed E-state index contributed by atoms with van der Waals surface area (Å²) < 4.78 is 4.29. The largest absolute Gasteiger partial charge is 0.351 e. The molecule has 2 aromatic heterocycles. The van der Waals surface area contributed by atoms with Gasteiger partial charge in [0.1, 0.15) is 5.82 Å². The number of aryl methyl sites for hydroxylation is 3. The maximum Gasteiger partial charge on any atom is 0.168 e. The fourth-order valence-corrected chi connectivity index (χ4v) is 4.19. The number of nitrogens with two attached hydrogens (primary N) is 1. The van der Waals surface area contributed by atoms with E-state index in [1.807, 2.05) is 6.92 Å². The van der Waals surface area contributed by atoms with Crippen molar-refractivity contribution in [3.8, 4) is 17.1 Å². The van der Waals surface area contributed by atoms with Crippen LogP contribution in [0.1, 0.15) is 42.3 Å². The number of fused-ring (bicyclic) bond motifs is 1. The van der Waals surface area contributed by atoms with Gasteiger partial charge in [0.15, 0.2) is 5.82 Å². The van der Waals surface area contributed by atoms with Crippen LogP contribution in [0.3, 0.4) is 0 Å². The van der Waals surface area contributed by atoms with Crippen molar-refractivity contribution >= 4 is 10.9 Å². The van der Waals surface area contributed by atoms with Gasteiger partial charge in [-0.2, -0.15) is 0 Å². The van der Waals surface area contributed by atoms with E-state index in [4.69, 9.17) is 5.73 Å². The first kappa shape index (κ1) is 19.4. The highest BCUT2D eigenvalue weighted by atomic mass is 15.3. The maximum absolute atomic E-state index is 5.85. The van der Waals surface area contributed by atoms with Crippen LogP contribution in [0.2, 0.25) is 0 Å². The lowest BCUT2D eigenvalue weighted by Crippen LogP contribution is -2.08. The van der Waals surface area contributed by atoms with E-state index in [9.17, 15) is 0 Å². The van der Waals surface area contributed by atoms with E-state index >= 15 is 0 Å². The molecule has 4 aromatic rings. The number of nitrogens with zero attached hydrogens (tertiary/aromatic N) is 4. The molecule has 0 aliphatic heterocycles. The molecule has 0 atom stereocenters. The quantitative estimate of drug-likeness (QED) is 0.541. The monoisotopic (exact) mass is 387 g/mol. The second-order valence-corrected chi connectivity index (χ2v) is 8.14. The van der Waals surface area contributed by atoms with Gasteiger partial charge in [-0.1, -0.05) is 19.9 Å². The molecule has 2 aromatic carbocycles. The minimum Gasteiger partial charge on any atom is -0.351 e. The molecular weight excluding hydrogens is 358 g/mol. The average Bonchev–Trinajstić information content (AvgIpc) is 3.24. The van der Waals surface area contributed by atoms with Gasteiger partial charge in [-0.25, -0.2) is 0 Å². The van der Waals surface area contributed by atoms with Crippen LogP contribution in [-0.4, -0.2) is 25.9 Å². The van der Waals surface area contributed by atoms with Crippen LogP contribution in [-0.2, 0) is 13.5 Å². The summed E-state index contributed by atoms with van der Waals surface area (Å²) in [6.07, 6.45) is 2.98. The van der Waals surface area contributed by atoms with Gasteiger partial charge in [0.2, 0.25) is 0 Å². The van der Waals surface area contributed by atoms with E-state index in [2.05, 4.69) is 89.7 Å². The maximum atomic E-state index is 5.85. The van der Waals surface area contributed by atoms with E-state index in [-0.39, 0.29) is 0 Å². The highest BCUT2D eigenvalue weighted by molar-refractivity contribution is 5.82. The van der Waals surface area contributed by atoms with E-state index in [0.717, 1.165) is 29.3 Å². The third-order valence-corrected chi connectivity index (χ3v) is 5.71. The lowest BCUT2D eigenvalue weighted by atomic mass is 9.90. The third kappa shape index (κ3) is 3.36. The van der Waals surface area contributed by atoms with Crippen molar-refractivity contribution in [3.63, 3.8) is 0 Å². The van der Waals surface area contributed by atoms with Crippen molar-refractivity contribution in [1.82, 2.24) is 19.3 Å². The van der Waals surface area contributed by atoms with Crippen LogP contribution in [0.15, 0.2) is 42.6 Å². The van der Waals surface area contributed by atoms with Gasteiger partial charge in [0.05, 0.1) is 0 Å². The van der Waals surface area contributed by atoms with Crippen molar-refractivity contribution in [2.75, 3.05) is 6.54 Å². The van der Waals surface area contributed by atoms with E-state index in [0.29, 0.717) is 12.5 Å². The minimum absolute atomic E-state index is 0.425. The summed E-state index contributed by atoms with van der Waals surface area (Å²) in [6, 6.07) is 13.2. The predicted octanol–water partition coefficient (Wildman–Crippen LogP) is 4.67. The lowest BCUT2D eigenvalue weighted by Gasteiger charge is -2.17. The van der Waals surface area contributed by atoms with Crippen molar-refractivity contribution < 1.29 is 0 Å². The third-order valence-electron chi connectivity index (χ3n) is 5.71. The zero-order chi connectivity index (χ0) is 20.7. The SMILES string of the molecule is Cc1cc(CCN)c(C(C)C)cc1-c1nnc(C)n1-c1ccc2c(ccn2C)c1. The molecular formula is C24H29N5. The summed E-state index contributed by atoms with van der Waals surface area (Å²) >= 11 is 0. The Kier molecular flexibility index (Phi) is 5.01. The highest BCUT2D eigenvalue weighted by Crippen LogP contribution is 2.32. The normalized spacial score (nSPS) is 11.7. The molecule has 0 unspecified atom stereocenters. The van der Waals surface area contributed by atoms with Crippen LogP contribution in [0.5, 0.6) is 0 Å². The molecule has 5 nitrogen and oxygen atoms in total. The molecule has 4 rings (SSSR count). The molecule has 0 saturated carbocycles. The second-order valence-electron chi connectivity index (χ2n) is 8.14. The minimum atomic E-state index is 0.425. The van der Waals surface area contributed by atoms with Gasteiger partial charge in [-0.3, -0.25) is 4.57 Å². The summed E-state index contributed by atoms with van der Waals surface area (Å²) in [7, 11) is 2.07. The Morgan fingerprint density at radius 3 is 2.55 bits per heavy atom. The smallest absolute Gasteiger partial charge is 0.168 e. The molecule has 5 heteroatoms. The van der Waals surface area contributed by atoms with Gasteiger partial charge in [-0.15, -0.1) is 10.2 Å². The second kappa shape index (κ2) is 7.48. The zero-order valence-electron chi connectivity index (χ0n) is 17.9. The molecule has 0 aliphatic carbocycles. The van der Waals surface area contributed by atoms with Gasteiger partial charge in [0.25, 0.3) is 0 Å². The summed E-state index contributed by atoms with van der Waals surface area (Å²) in [6.45, 7) is 9.27.